The number of rotatable bonds is 3. The Labute approximate surface area is 133 Å². The van der Waals surface area contributed by atoms with Crippen LogP contribution in [0, 0.1) is 5.92 Å². The zero-order chi connectivity index (χ0) is 14.1. The summed E-state index contributed by atoms with van der Waals surface area (Å²) in [6, 6.07) is 7.64. The summed E-state index contributed by atoms with van der Waals surface area (Å²) in [4.78, 5) is 15.0. The molecular weight excluding hydrogens is 367 g/mol. The zero-order valence-electron chi connectivity index (χ0n) is 11.5. The Hall–Kier alpha value is -0.820. The van der Waals surface area contributed by atoms with E-state index in [1.807, 2.05) is 24.3 Å². The average Bonchev–Trinajstić information content (AvgIpc) is 2.51. The van der Waals surface area contributed by atoms with Crippen LogP contribution in [-0.2, 0) is 0 Å². The van der Waals surface area contributed by atoms with Gasteiger partial charge < -0.3 is 10.1 Å². The van der Waals surface area contributed by atoms with Crippen LogP contribution < -0.4 is 10.1 Å². The lowest BCUT2D eigenvalue weighted by atomic mass is 9.84. The van der Waals surface area contributed by atoms with E-state index >= 15 is 0 Å². The van der Waals surface area contributed by atoms with E-state index in [1.54, 1.807) is 7.11 Å². The second-order valence-corrected chi connectivity index (χ2v) is 6.72. The predicted molar refractivity (Wildman–Crippen MR) is 86.4 cm³/mol. The van der Waals surface area contributed by atoms with Crippen molar-refractivity contribution in [2.24, 2.45) is 5.92 Å². The Kier molecular flexibility index (Phi) is 4.16. The van der Waals surface area contributed by atoms with Gasteiger partial charge in [-0.2, -0.15) is 0 Å². The minimum Gasteiger partial charge on any atom is -0.496 e. The number of carbonyl (C=O) groups excluding carboxylic acids is 1. The van der Waals surface area contributed by atoms with Gasteiger partial charge in [0.2, 0.25) is 0 Å². The van der Waals surface area contributed by atoms with Crippen LogP contribution in [0.5, 0.6) is 5.75 Å². The molecule has 3 aliphatic heterocycles. The molecule has 0 radical (unpaired) electrons. The summed E-state index contributed by atoms with van der Waals surface area (Å²) >= 11 is 2.46. The first-order chi connectivity index (χ1) is 9.70. The second kappa shape index (κ2) is 5.89. The van der Waals surface area contributed by atoms with Gasteiger partial charge in [-0.05, 0) is 44.0 Å². The van der Waals surface area contributed by atoms with Crippen LogP contribution in [-0.4, -0.2) is 41.1 Å². The Morgan fingerprint density at radius 3 is 2.70 bits per heavy atom. The van der Waals surface area contributed by atoms with Crippen molar-refractivity contribution >= 4 is 28.5 Å². The van der Waals surface area contributed by atoms with Crippen LogP contribution in [0.1, 0.15) is 23.2 Å². The molecule has 5 heteroatoms. The Morgan fingerprint density at radius 2 is 2.05 bits per heavy atom. The van der Waals surface area contributed by atoms with E-state index in [9.17, 15) is 4.79 Å². The number of halogens is 1. The molecule has 4 rings (SSSR count). The van der Waals surface area contributed by atoms with Gasteiger partial charge in [0.15, 0.2) is 0 Å². The number of hydrogen-bond donors (Lipinski definition) is 1. The lowest BCUT2D eigenvalue weighted by molar-refractivity contribution is 0.0552. The van der Waals surface area contributed by atoms with Crippen molar-refractivity contribution in [3.8, 4) is 5.75 Å². The quantitative estimate of drug-likeness (QED) is 0.493. The SMILES string of the molecule is COc1ccccc1C(=O)NC1C2CCN(CC2)C1I. The monoisotopic (exact) mass is 386 g/mol. The molecule has 2 unspecified atom stereocenters. The summed E-state index contributed by atoms with van der Waals surface area (Å²) in [6.07, 6.45) is 2.38. The number of methoxy groups -OCH3 is 1. The fourth-order valence-corrected chi connectivity index (χ4v) is 4.55. The van der Waals surface area contributed by atoms with E-state index in [0.717, 1.165) is 0 Å². The summed E-state index contributed by atoms with van der Waals surface area (Å²) in [6.45, 7) is 2.33. The van der Waals surface area contributed by atoms with Gasteiger partial charge in [-0.25, -0.2) is 0 Å². The number of ether oxygens (including phenoxy) is 1. The molecule has 0 saturated carbocycles. The number of amides is 1. The Balaban J connectivity index is 1.76. The lowest BCUT2D eigenvalue weighted by Crippen LogP contribution is -2.61. The molecule has 3 heterocycles. The van der Waals surface area contributed by atoms with Crippen molar-refractivity contribution in [3.63, 3.8) is 0 Å². The maximum absolute atomic E-state index is 12.5. The molecule has 2 atom stereocenters. The van der Waals surface area contributed by atoms with Crippen LogP contribution in [0.15, 0.2) is 24.3 Å². The van der Waals surface area contributed by atoms with Gasteiger partial charge in [0.25, 0.3) is 5.91 Å². The Morgan fingerprint density at radius 1 is 1.35 bits per heavy atom. The first-order valence-electron chi connectivity index (χ1n) is 7.02. The van der Waals surface area contributed by atoms with Gasteiger partial charge in [-0.15, -0.1) is 0 Å². The number of nitrogens with one attached hydrogen (secondary N) is 1. The molecule has 3 aliphatic rings. The highest BCUT2D eigenvalue weighted by atomic mass is 127. The van der Waals surface area contributed by atoms with E-state index < -0.39 is 0 Å². The normalized spacial score (nSPS) is 31.9. The van der Waals surface area contributed by atoms with E-state index in [1.165, 1.54) is 25.9 Å². The molecule has 0 aliphatic carbocycles. The van der Waals surface area contributed by atoms with Gasteiger partial charge in [-0.1, -0.05) is 34.7 Å². The third kappa shape index (κ3) is 2.53. The van der Waals surface area contributed by atoms with Gasteiger partial charge in [-0.3, -0.25) is 9.69 Å². The summed E-state index contributed by atoms with van der Waals surface area (Å²) in [5, 5.41) is 3.22. The highest BCUT2D eigenvalue weighted by molar-refractivity contribution is 14.1. The predicted octanol–water partition coefficient (Wildman–Crippen LogP) is 2.28. The van der Waals surface area contributed by atoms with Crippen molar-refractivity contribution in [2.45, 2.75) is 22.9 Å². The van der Waals surface area contributed by atoms with Crippen molar-refractivity contribution in [2.75, 3.05) is 20.2 Å². The smallest absolute Gasteiger partial charge is 0.255 e. The molecule has 2 bridgehead atoms. The molecule has 0 spiro atoms. The summed E-state index contributed by atoms with van der Waals surface area (Å²) in [5.74, 6) is 1.22. The fourth-order valence-electron chi connectivity index (χ4n) is 3.22. The molecule has 3 fully saturated rings. The van der Waals surface area contributed by atoms with Crippen LogP contribution in [0.4, 0.5) is 0 Å². The van der Waals surface area contributed by atoms with Crippen molar-refractivity contribution < 1.29 is 9.53 Å². The van der Waals surface area contributed by atoms with E-state index in [-0.39, 0.29) is 11.9 Å². The molecule has 20 heavy (non-hydrogen) atoms. The summed E-state index contributed by atoms with van der Waals surface area (Å²) in [5.41, 5.74) is 0.620. The van der Waals surface area contributed by atoms with E-state index in [0.29, 0.717) is 21.3 Å². The minimum atomic E-state index is -0.0251. The third-order valence-electron chi connectivity index (χ3n) is 4.38. The number of benzene rings is 1. The largest absolute Gasteiger partial charge is 0.496 e. The van der Waals surface area contributed by atoms with Crippen LogP contribution in [0.3, 0.4) is 0 Å². The molecular formula is C15H19IN2O2. The molecule has 1 aromatic carbocycles. The average molecular weight is 386 g/mol. The number of piperidine rings is 3. The van der Waals surface area contributed by atoms with Gasteiger partial charge in [0, 0.05) is 0 Å². The molecule has 1 N–H and O–H groups in total. The maximum Gasteiger partial charge on any atom is 0.255 e. The molecule has 108 valence electrons. The fraction of sp³-hybridized carbons (Fsp3) is 0.533. The second-order valence-electron chi connectivity index (χ2n) is 5.45. The lowest BCUT2D eigenvalue weighted by Gasteiger charge is -2.48. The first kappa shape index (κ1) is 14.1. The number of fused-ring (bicyclic) bond motifs is 3. The van der Waals surface area contributed by atoms with E-state index in [2.05, 4.69) is 32.8 Å². The Bertz CT molecular complexity index is 498. The topological polar surface area (TPSA) is 41.6 Å². The molecule has 1 amide bonds. The van der Waals surface area contributed by atoms with Crippen LogP contribution in [0.25, 0.3) is 0 Å². The van der Waals surface area contributed by atoms with Gasteiger partial charge in [0.1, 0.15) is 5.75 Å². The molecule has 0 aromatic heterocycles. The zero-order valence-corrected chi connectivity index (χ0v) is 13.7. The number of para-hydroxylation sites is 1. The molecule has 4 nitrogen and oxygen atoms in total. The standard InChI is InChI=1S/C15H19IN2O2/c1-20-12-5-3-2-4-11(12)15(19)17-13-10-6-8-18(9-7-10)14(13)16/h2-5,10,13-14H,6-9H2,1H3,(H,17,19). The highest BCUT2D eigenvalue weighted by Gasteiger charge is 2.41. The van der Waals surface area contributed by atoms with Crippen molar-refractivity contribution in [3.05, 3.63) is 29.8 Å². The van der Waals surface area contributed by atoms with Crippen LogP contribution >= 0.6 is 22.6 Å². The summed E-state index contributed by atoms with van der Waals surface area (Å²) < 4.78 is 5.67. The highest BCUT2D eigenvalue weighted by Crippen LogP contribution is 2.35. The van der Waals surface area contributed by atoms with Crippen molar-refractivity contribution in [1.29, 1.82) is 0 Å². The van der Waals surface area contributed by atoms with Crippen molar-refractivity contribution in [1.82, 2.24) is 10.2 Å². The minimum absolute atomic E-state index is 0.0251. The van der Waals surface area contributed by atoms with Gasteiger partial charge in [0.05, 0.1) is 22.8 Å². The number of carbonyl (C=O) groups is 1. The van der Waals surface area contributed by atoms with Gasteiger partial charge >= 0.3 is 0 Å². The first-order valence-corrected chi connectivity index (χ1v) is 8.27. The summed E-state index contributed by atoms with van der Waals surface area (Å²) in [7, 11) is 1.60. The number of alkyl halides is 1. The van der Waals surface area contributed by atoms with E-state index in [4.69, 9.17) is 4.74 Å². The molecule has 1 aromatic rings. The number of hydrogen-bond acceptors (Lipinski definition) is 3. The maximum atomic E-state index is 12.5. The molecule has 3 saturated heterocycles. The number of nitrogens with zero attached hydrogens (tertiary/aromatic N) is 1. The van der Waals surface area contributed by atoms with Crippen LogP contribution in [0.2, 0.25) is 0 Å². The third-order valence-corrected chi connectivity index (χ3v) is 5.94.